The minimum Gasteiger partial charge on any atom is -0.379 e. The number of morpholine rings is 1. The van der Waals surface area contributed by atoms with E-state index < -0.39 is 10.0 Å². The second-order valence-corrected chi connectivity index (χ2v) is 8.86. The van der Waals surface area contributed by atoms with Crippen molar-refractivity contribution in [3.63, 3.8) is 0 Å². The summed E-state index contributed by atoms with van der Waals surface area (Å²) in [5.74, 6) is -0.350. The van der Waals surface area contributed by atoms with Crippen molar-refractivity contribution in [2.45, 2.75) is 24.9 Å². The summed E-state index contributed by atoms with van der Waals surface area (Å²) in [5.41, 5.74) is 1.22. The first kappa shape index (κ1) is 19.7. The Kier molecular flexibility index (Phi) is 6.10. The van der Waals surface area contributed by atoms with Crippen LogP contribution in [0.3, 0.4) is 0 Å². The van der Waals surface area contributed by atoms with Crippen LogP contribution in [0.25, 0.3) is 0 Å². The maximum atomic E-state index is 12.9. The van der Waals surface area contributed by atoms with E-state index in [9.17, 15) is 18.0 Å². The monoisotopic (exact) mass is 411 g/mol. The number of aryl methyl sites for hydroxylation is 1. The molecule has 0 saturated carbocycles. The van der Waals surface area contributed by atoms with Crippen molar-refractivity contribution in [3.8, 4) is 0 Å². The Morgan fingerprint density at radius 2 is 1.96 bits per heavy atom. The standard InChI is InChI=1S/C17H21N3O5S2/c1-13-12-26-17(22)20(13)11-16(21)18-10-14-4-2-3-5-15(14)27(23,24)19-6-8-25-9-7-19/h2-5,12H,6-11H2,1H3,(H,18,21). The quantitative estimate of drug-likeness (QED) is 0.749. The number of carbonyl (C=O) groups is 1. The molecule has 1 amide bonds. The SMILES string of the molecule is Cc1csc(=O)n1CC(=O)NCc1ccccc1S(=O)(=O)N1CCOCC1. The van der Waals surface area contributed by atoms with Crippen LogP contribution < -0.4 is 10.2 Å². The number of carbonyl (C=O) groups excluding carboxylic acids is 1. The number of thiazole rings is 1. The number of sulfonamides is 1. The van der Waals surface area contributed by atoms with Crippen LogP contribution in [0.1, 0.15) is 11.3 Å². The molecule has 0 spiro atoms. The Labute approximate surface area is 161 Å². The van der Waals surface area contributed by atoms with E-state index in [0.717, 1.165) is 17.0 Å². The summed E-state index contributed by atoms with van der Waals surface area (Å²) >= 11 is 1.04. The summed E-state index contributed by atoms with van der Waals surface area (Å²) in [6.45, 7) is 3.09. The van der Waals surface area contributed by atoms with Gasteiger partial charge in [0.25, 0.3) is 0 Å². The predicted molar refractivity (Wildman–Crippen MR) is 101 cm³/mol. The van der Waals surface area contributed by atoms with Gasteiger partial charge in [0.1, 0.15) is 6.54 Å². The average Bonchev–Trinajstić information content (AvgIpc) is 2.99. The first-order chi connectivity index (χ1) is 12.9. The van der Waals surface area contributed by atoms with E-state index in [2.05, 4.69) is 5.32 Å². The maximum absolute atomic E-state index is 12.9. The molecule has 146 valence electrons. The van der Waals surface area contributed by atoms with Crippen molar-refractivity contribution in [2.24, 2.45) is 0 Å². The fourth-order valence-corrected chi connectivity index (χ4v) is 5.18. The zero-order valence-corrected chi connectivity index (χ0v) is 16.5. The zero-order valence-electron chi connectivity index (χ0n) is 14.9. The molecule has 2 heterocycles. The highest BCUT2D eigenvalue weighted by Gasteiger charge is 2.28. The lowest BCUT2D eigenvalue weighted by atomic mass is 10.2. The van der Waals surface area contributed by atoms with Gasteiger partial charge in [-0.3, -0.25) is 14.2 Å². The molecule has 1 saturated heterocycles. The molecular weight excluding hydrogens is 390 g/mol. The average molecular weight is 412 g/mol. The normalized spacial score (nSPS) is 15.6. The molecule has 1 aromatic carbocycles. The molecule has 1 aliphatic heterocycles. The Balaban J connectivity index is 1.72. The Morgan fingerprint density at radius 3 is 2.63 bits per heavy atom. The lowest BCUT2D eigenvalue weighted by molar-refractivity contribution is -0.121. The van der Waals surface area contributed by atoms with Crippen molar-refractivity contribution in [2.75, 3.05) is 26.3 Å². The molecule has 10 heteroatoms. The van der Waals surface area contributed by atoms with Crippen LogP contribution in [-0.4, -0.2) is 49.5 Å². The second kappa shape index (κ2) is 8.34. The van der Waals surface area contributed by atoms with Gasteiger partial charge in [-0.25, -0.2) is 8.42 Å². The highest BCUT2D eigenvalue weighted by Crippen LogP contribution is 2.21. The van der Waals surface area contributed by atoms with Crippen molar-refractivity contribution < 1.29 is 17.9 Å². The zero-order chi connectivity index (χ0) is 19.4. The Morgan fingerprint density at radius 1 is 1.26 bits per heavy atom. The van der Waals surface area contributed by atoms with Gasteiger partial charge in [0, 0.05) is 30.7 Å². The van der Waals surface area contributed by atoms with E-state index in [1.807, 2.05) is 0 Å². The molecule has 1 aliphatic rings. The first-order valence-electron chi connectivity index (χ1n) is 8.47. The first-order valence-corrected chi connectivity index (χ1v) is 10.8. The lowest BCUT2D eigenvalue weighted by Gasteiger charge is -2.27. The number of hydrogen-bond acceptors (Lipinski definition) is 6. The minimum atomic E-state index is -3.66. The van der Waals surface area contributed by atoms with Gasteiger partial charge in [-0.15, -0.1) is 0 Å². The molecule has 2 aromatic rings. The number of rotatable bonds is 6. The van der Waals surface area contributed by atoms with Gasteiger partial charge >= 0.3 is 4.87 Å². The number of nitrogens with zero attached hydrogens (tertiary/aromatic N) is 2. The largest absolute Gasteiger partial charge is 0.379 e. The third kappa shape index (κ3) is 4.46. The van der Waals surface area contributed by atoms with Crippen LogP contribution in [0.5, 0.6) is 0 Å². The fourth-order valence-electron chi connectivity index (χ4n) is 2.82. The smallest absolute Gasteiger partial charge is 0.307 e. The number of ether oxygens (including phenoxy) is 1. The summed E-state index contributed by atoms with van der Waals surface area (Å²) in [5, 5.41) is 4.40. The summed E-state index contributed by atoms with van der Waals surface area (Å²) < 4.78 is 33.8. The number of nitrogens with one attached hydrogen (secondary N) is 1. The maximum Gasteiger partial charge on any atom is 0.307 e. The van der Waals surface area contributed by atoms with E-state index in [0.29, 0.717) is 31.9 Å². The summed E-state index contributed by atoms with van der Waals surface area (Å²) in [6, 6.07) is 6.61. The molecule has 8 nitrogen and oxygen atoms in total. The van der Waals surface area contributed by atoms with Crippen LogP contribution >= 0.6 is 11.3 Å². The van der Waals surface area contributed by atoms with E-state index in [-0.39, 0.29) is 28.8 Å². The topological polar surface area (TPSA) is 97.7 Å². The van der Waals surface area contributed by atoms with Crippen molar-refractivity contribution in [3.05, 3.63) is 50.6 Å². The molecule has 0 bridgehead atoms. The lowest BCUT2D eigenvalue weighted by Crippen LogP contribution is -2.41. The Bertz CT molecular complexity index is 974. The summed E-state index contributed by atoms with van der Waals surface area (Å²) in [7, 11) is -3.66. The summed E-state index contributed by atoms with van der Waals surface area (Å²) in [6.07, 6.45) is 0. The van der Waals surface area contributed by atoms with Gasteiger partial charge in [0.15, 0.2) is 0 Å². The fraction of sp³-hybridized carbons (Fsp3) is 0.412. The van der Waals surface area contributed by atoms with Crippen molar-refractivity contribution >= 4 is 27.3 Å². The molecule has 1 fully saturated rings. The predicted octanol–water partition coefficient (Wildman–Crippen LogP) is 0.556. The molecule has 0 unspecified atom stereocenters. The third-order valence-corrected chi connectivity index (χ3v) is 7.19. The van der Waals surface area contributed by atoms with Gasteiger partial charge in [0.05, 0.1) is 18.1 Å². The van der Waals surface area contributed by atoms with Gasteiger partial charge in [0.2, 0.25) is 15.9 Å². The van der Waals surface area contributed by atoms with Crippen LogP contribution in [0, 0.1) is 6.92 Å². The van der Waals surface area contributed by atoms with Gasteiger partial charge in [-0.05, 0) is 18.6 Å². The Hall–Kier alpha value is -2.01. The molecule has 1 aromatic heterocycles. The van der Waals surface area contributed by atoms with Gasteiger partial charge in [-0.2, -0.15) is 4.31 Å². The molecule has 27 heavy (non-hydrogen) atoms. The van der Waals surface area contributed by atoms with Crippen LogP contribution in [0.4, 0.5) is 0 Å². The van der Waals surface area contributed by atoms with Crippen LogP contribution in [0.2, 0.25) is 0 Å². The minimum absolute atomic E-state index is 0.0660. The van der Waals surface area contributed by atoms with Crippen molar-refractivity contribution in [1.29, 1.82) is 0 Å². The van der Waals surface area contributed by atoms with E-state index in [1.165, 1.54) is 8.87 Å². The highest BCUT2D eigenvalue weighted by molar-refractivity contribution is 7.89. The van der Waals surface area contributed by atoms with Crippen LogP contribution in [0.15, 0.2) is 39.3 Å². The third-order valence-electron chi connectivity index (χ3n) is 4.31. The van der Waals surface area contributed by atoms with Gasteiger partial charge < -0.3 is 10.1 Å². The molecule has 0 radical (unpaired) electrons. The molecule has 0 aliphatic carbocycles. The van der Waals surface area contributed by atoms with Crippen molar-refractivity contribution in [1.82, 2.24) is 14.2 Å². The number of aromatic nitrogens is 1. The van der Waals surface area contributed by atoms with Crippen LogP contribution in [-0.2, 0) is 32.6 Å². The molecule has 0 atom stereocenters. The highest BCUT2D eigenvalue weighted by atomic mass is 32.2. The van der Waals surface area contributed by atoms with E-state index in [1.54, 1.807) is 36.6 Å². The number of hydrogen-bond donors (Lipinski definition) is 1. The number of amides is 1. The summed E-state index contributed by atoms with van der Waals surface area (Å²) in [4.78, 5) is 23.9. The van der Waals surface area contributed by atoms with E-state index in [4.69, 9.17) is 4.74 Å². The number of benzene rings is 1. The molecular formula is C17H21N3O5S2. The van der Waals surface area contributed by atoms with E-state index >= 15 is 0 Å². The molecule has 3 rings (SSSR count). The second-order valence-electron chi connectivity index (χ2n) is 6.13. The molecule has 1 N–H and O–H groups in total. The van der Waals surface area contributed by atoms with Gasteiger partial charge in [-0.1, -0.05) is 29.5 Å².